The lowest BCUT2D eigenvalue weighted by Gasteiger charge is -2.36. The van der Waals surface area contributed by atoms with Gasteiger partial charge in [-0.15, -0.1) is 0 Å². The van der Waals surface area contributed by atoms with E-state index in [2.05, 4.69) is 37.2 Å². The lowest BCUT2D eigenvalue weighted by molar-refractivity contribution is -0.146. The fourth-order valence-electron chi connectivity index (χ4n) is 13.7. The molecule has 4 aliphatic heterocycles. The van der Waals surface area contributed by atoms with Crippen LogP contribution in [0.4, 0.5) is 0 Å². The third-order valence-electron chi connectivity index (χ3n) is 19.7. The Morgan fingerprint density at radius 1 is 0.510 bits per heavy atom. The summed E-state index contributed by atoms with van der Waals surface area (Å²) >= 11 is 0. The van der Waals surface area contributed by atoms with Crippen molar-refractivity contribution in [3.05, 3.63) is 107 Å². The van der Waals surface area contributed by atoms with Gasteiger partial charge in [0.2, 0.25) is 70.9 Å². The molecule has 25 heteroatoms. The number of piperidine rings is 1. The monoisotopic (exact) mass is 1410 g/mol. The highest BCUT2D eigenvalue weighted by atomic mass is 16.3. The Morgan fingerprint density at radius 3 is 1.68 bits per heavy atom. The predicted molar refractivity (Wildman–Crippen MR) is 388 cm³/mol. The highest BCUT2D eigenvalue weighted by molar-refractivity contribution is 5.99. The van der Waals surface area contributed by atoms with Gasteiger partial charge in [-0.3, -0.25) is 57.5 Å². The molecule has 3 aromatic carbocycles. The van der Waals surface area contributed by atoms with Crippen LogP contribution in [0, 0.1) is 23.7 Å². The summed E-state index contributed by atoms with van der Waals surface area (Å²) in [5, 5.41) is 31.0. The van der Waals surface area contributed by atoms with Gasteiger partial charge in [0.25, 0.3) is 0 Å². The molecule has 560 valence electrons. The second kappa shape index (κ2) is 39.6. The SMILES string of the molecule is CC[C@H](C)[C@H]1C(=O)N[C@H](C(=O)N2CCCCC2)c2ccc(cc2)CCCCCC(=O)N[C@@H]([C@@H](C)O)C(=O)N(C)[C@@H](Cc2ccccc2)C(=O)N[C@@H](CC(C)C)C(=O)N2CCC[C@H]2C(=O)N[C@@H](C(C)C)C(=O)N[C@@H](Cc2ccccc2)C(=O)N(C)CC(=O)N[C@@H](CC(C)C)C(=O)N[C@@H](C)C(=O)N1C. The van der Waals surface area contributed by atoms with Crippen molar-refractivity contribution in [1.82, 2.24) is 61.7 Å². The highest BCUT2D eigenvalue weighted by Crippen LogP contribution is 2.26. The van der Waals surface area contributed by atoms with Gasteiger partial charge in [-0.2, -0.15) is 0 Å². The molecule has 4 aliphatic rings. The van der Waals surface area contributed by atoms with Crippen molar-refractivity contribution in [2.75, 3.05) is 47.3 Å². The van der Waals surface area contributed by atoms with Gasteiger partial charge in [0.05, 0.1) is 12.6 Å². The predicted octanol–water partition coefficient (Wildman–Crippen LogP) is 4.67. The Labute approximate surface area is 602 Å². The largest absolute Gasteiger partial charge is 0.391 e. The number of fused-ring (bicyclic) bond motifs is 36. The number of aliphatic hydroxyl groups excluding tert-OH is 1. The number of aryl methyl sites for hydroxylation is 1. The Bertz CT molecular complexity index is 3330. The number of benzene rings is 3. The molecule has 0 radical (unpaired) electrons. The molecule has 0 aromatic heterocycles. The first-order chi connectivity index (χ1) is 48.4. The van der Waals surface area contributed by atoms with E-state index >= 15 is 0 Å². The third-order valence-corrected chi connectivity index (χ3v) is 19.7. The van der Waals surface area contributed by atoms with Crippen LogP contribution < -0.4 is 37.2 Å². The molecule has 4 heterocycles. The van der Waals surface area contributed by atoms with Crippen molar-refractivity contribution >= 4 is 70.9 Å². The maximum absolute atomic E-state index is 15.0. The second-order valence-corrected chi connectivity index (χ2v) is 29.4. The molecular weight excluding hydrogens is 1300 g/mol. The van der Waals surface area contributed by atoms with Gasteiger partial charge in [-0.05, 0) is 124 Å². The normalized spacial score (nSPS) is 25.7. The molecule has 2 fully saturated rings. The molecule has 102 heavy (non-hydrogen) atoms. The number of likely N-dealkylation sites (N-methyl/N-ethyl adjacent to an activating group) is 3. The van der Waals surface area contributed by atoms with Gasteiger partial charge in [0.1, 0.15) is 60.4 Å². The average molecular weight is 1420 g/mol. The van der Waals surface area contributed by atoms with E-state index in [9.17, 15) is 62.6 Å². The number of carbonyl (C=O) groups excluding carboxylic acids is 12. The van der Waals surface area contributed by atoms with Crippen LogP contribution in [-0.2, 0) is 76.8 Å². The molecule has 12 amide bonds. The number of nitrogens with zero attached hydrogens (tertiary/aromatic N) is 5. The van der Waals surface area contributed by atoms with E-state index in [-0.39, 0.29) is 62.8 Å². The summed E-state index contributed by atoms with van der Waals surface area (Å²) in [6.07, 6.45) is 4.86. The molecule has 8 N–H and O–H groups in total. The maximum Gasteiger partial charge on any atom is 0.249 e. The summed E-state index contributed by atoms with van der Waals surface area (Å²) in [5.74, 6) is -8.66. The number of hydrogen-bond acceptors (Lipinski definition) is 13. The van der Waals surface area contributed by atoms with Gasteiger partial charge in [-0.25, -0.2) is 0 Å². The van der Waals surface area contributed by atoms with Gasteiger partial charge in [-0.1, -0.05) is 153 Å². The zero-order valence-corrected chi connectivity index (χ0v) is 62.3. The Balaban J connectivity index is 1.33. The first-order valence-electron chi connectivity index (χ1n) is 36.7. The third kappa shape index (κ3) is 23.7. The molecule has 0 unspecified atom stereocenters. The summed E-state index contributed by atoms with van der Waals surface area (Å²) < 4.78 is 0. The van der Waals surface area contributed by atoms with Crippen LogP contribution in [0.1, 0.15) is 175 Å². The smallest absolute Gasteiger partial charge is 0.249 e. The fourth-order valence-corrected chi connectivity index (χ4v) is 13.7. The molecule has 3 aromatic rings. The second-order valence-electron chi connectivity index (χ2n) is 29.4. The van der Waals surface area contributed by atoms with Crippen molar-refractivity contribution in [2.45, 2.75) is 232 Å². The number of amides is 12. The quantitative estimate of drug-likeness (QED) is 0.108. The zero-order valence-electron chi connectivity index (χ0n) is 62.3. The first-order valence-corrected chi connectivity index (χ1v) is 36.7. The van der Waals surface area contributed by atoms with E-state index in [4.69, 9.17) is 0 Å². The van der Waals surface area contributed by atoms with E-state index in [1.54, 1.807) is 91.5 Å². The van der Waals surface area contributed by atoms with Gasteiger partial charge in [0, 0.05) is 60.0 Å². The fraction of sp³-hybridized carbons (Fsp3) is 0.610. The van der Waals surface area contributed by atoms with Gasteiger partial charge >= 0.3 is 0 Å². The van der Waals surface area contributed by atoms with Gasteiger partial charge in [0.15, 0.2) is 0 Å². The molecule has 2 bridgehead atoms. The Hall–Kier alpha value is -8.74. The zero-order chi connectivity index (χ0) is 75.1. The number of nitrogens with one attached hydrogen (secondary N) is 7. The van der Waals surface area contributed by atoms with Crippen LogP contribution in [-0.4, -0.2) is 208 Å². The summed E-state index contributed by atoms with van der Waals surface area (Å²) in [4.78, 5) is 181. The number of likely N-dealkylation sites (tertiary alicyclic amines) is 1. The van der Waals surface area contributed by atoms with E-state index < -0.39 is 150 Å². The van der Waals surface area contributed by atoms with Crippen molar-refractivity contribution in [2.24, 2.45) is 23.7 Å². The van der Waals surface area contributed by atoms with Crippen molar-refractivity contribution in [3.63, 3.8) is 0 Å². The minimum Gasteiger partial charge on any atom is -0.391 e. The number of aliphatic hydroxyl groups is 1. The summed E-state index contributed by atoms with van der Waals surface area (Å²) in [5.41, 5.74) is 2.82. The van der Waals surface area contributed by atoms with Crippen molar-refractivity contribution in [1.29, 1.82) is 0 Å². The van der Waals surface area contributed by atoms with E-state index in [0.29, 0.717) is 68.3 Å². The van der Waals surface area contributed by atoms with Crippen LogP contribution >= 0.6 is 0 Å². The van der Waals surface area contributed by atoms with E-state index in [0.717, 1.165) is 29.7 Å². The molecule has 0 saturated carbocycles. The number of carbonyl (C=O) groups is 12. The number of rotatable bonds is 13. The number of hydrogen-bond donors (Lipinski definition) is 8. The summed E-state index contributed by atoms with van der Waals surface area (Å²) in [6, 6.07) is 13.1. The minimum atomic E-state index is -1.45. The standard InChI is InChI=1S/C77H114N12O13/c1-14-50(8)67-72(97)84-66(77(102)88-39-25-18-26-40-88)56-37-35-53(36-38-56)28-19-17-24-34-62(91)82-65(52(10)90)76(101)86(12)61(45-55-31-22-16-23-32-55)70(95)80-58(43-48(4)5)75(100)89-41-27-33-60(89)69(94)83-64(49(6)7)71(96)81-59(44-54-29-20-15-21-30-54)74(99)85(11)46-63(92)79-57(42-47(2)3)68(93)78-51(9)73(98)87(67)13/h15-16,20-23,29-32,35-38,47-52,57-61,64-67,90H,14,17-19,24-28,33-34,39-46H2,1-13H3,(H,78,93)(H,79,92)(H,80,95)(H,81,96)(H,82,91)(H,83,94)(H,84,97)/t50-,51-,52+,57-,58-,59-,60-,61-,64-,65-,66-,67-/m0/s1. The molecule has 0 spiro atoms. The Kier molecular flexibility index (Phi) is 31.9. The minimum absolute atomic E-state index is 0.0103. The summed E-state index contributed by atoms with van der Waals surface area (Å²) in [7, 11) is 4.27. The summed E-state index contributed by atoms with van der Waals surface area (Å²) in [6.45, 7) is 18.1. The highest BCUT2D eigenvalue weighted by Gasteiger charge is 2.43. The molecule has 25 nitrogen and oxygen atoms in total. The molecule has 7 rings (SSSR count). The molecule has 2 saturated heterocycles. The van der Waals surface area contributed by atoms with Crippen molar-refractivity contribution < 1.29 is 62.6 Å². The lowest BCUT2D eigenvalue weighted by atomic mass is 9.94. The topological polar surface area (TPSA) is 325 Å². The lowest BCUT2D eigenvalue weighted by Crippen LogP contribution is -2.61. The van der Waals surface area contributed by atoms with Crippen molar-refractivity contribution in [3.8, 4) is 0 Å². The Morgan fingerprint density at radius 2 is 1.09 bits per heavy atom. The van der Waals surface area contributed by atoms with Crippen LogP contribution in [0.5, 0.6) is 0 Å². The maximum atomic E-state index is 15.0. The van der Waals surface area contributed by atoms with E-state index in [1.165, 1.54) is 49.7 Å². The van der Waals surface area contributed by atoms with E-state index in [1.807, 2.05) is 53.7 Å². The van der Waals surface area contributed by atoms with Crippen LogP contribution in [0.3, 0.4) is 0 Å². The molecule has 0 aliphatic carbocycles. The average Bonchev–Trinajstić information content (AvgIpc) is 1.31. The van der Waals surface area contributed by atoms with Gasteiger partial charge < -0.3 is 66.8 Å². The van der Waals surface area contributed by atoms with Crippen LogP contribution in [0.15, 0.2) is 84.9 Å². The van der Waals surface area contributed by atoms with Crippen LogP contribution in [0.25, 0.3) is 0 Å². The molecule has 12 atom stereocenters. The first kappa shape index (κ1) is 82.2. The molecular formula is C77H114N12O13. The van der Waals surface area contributed by atoms with Crippen LogP contribution in [0.2, 0.25) is 0 Å².